The standard InChI is InChI=1S/C35H56N6O9/c1-5-20(2)31(29(45)15-24(32(36)48)14-23-11-7-6-8-12-23)41-33(49)25(18-30(46)47)16-28(44)22(4)40-34(50)26(19-42)17-27(43)21(3)10-9-13-39-35(37)38/h6-8,11-12,20-22,24-26,31,35,39,42H,5,9-10,13-19,37-38H2,1-4H3,(H2,36,48)(H,40,50)(H,41,49)(H,46,47)/t20-,21-,22-,24+,25-,26-,31-/m0/s1. The van der Waals surface area contributed by atoms with Gasteiger partial charge in [-0.25, -0.2) is 0 Å². The maximum Gasteiger partial charge on any atom is 0.304 e. The maximum atomic E-state index is 13.5. The number of hydrogen-bond acceptors (Lipinski definition) is 11. The number of carboxylic acids is 1. The molecule has 0 bridgehead atoms. The van der Waals surface area contributed by atoms with Gasteiger partial charge in [0, 0.05) is 31.1 Å². The minimum atomic E-state index is -1.38. The van der Waals surface area contributed by atoms with Crippen molar-refractivity contribution in [1.82, 2.24) is 16.0 Å². The molecule has 7 atom stereocenters. The summed E-state index contributed by atoms with van der Waals surface area (Å²) in [5.74, 6) is -9.12. The van der Waals surface area contributed by atoms with Crippen molar-refractivity contribution in [2.45, 2.75) is 97.4 Å². The molecule has 0 radical (unpaired) electrons. The number of hydrogen-bond donors (Lipinski definition) is 8. The van der Waals surface area contributed by atoms with Crippen LogP contribution in [0.2, 0.25) is 0 Å². The first kappa shape index (κ1) is 44.0. The molecule has 0 aliphatic carbocycles. The number of carbonyl (C=O) groups excluding carboxylic acids is 6. The Morgan fingerprint density at radius 1 is 0.780 bits per heavy atom. The number of nitrogens with one attached hydrogen (secondary N) is 3. The lowest BCUT2D eigenvalue weighted by atomic mass is 9.86. The molecule has 0 unspecified atom stereocenters. The fourth-order valence-corrected chi connectivity index (χ4v) is 5.41. The molecule has 50 heavy (non-hydrogen) atoms. The normalized spacial score (nSPS) is 15.5. The van der Waals surface area contributed by atoms with Crippen LogP contribution in [0.15, 0.2) is 30.3 Å². The lowest BCUT2D eigenvalue weighted by molar-refractivity contribution is -0.143. The number of rotatable bonds is 26. The van der Waals surface area contributed by atoms with Crippen molar-refractivity contribution in [2.75, 3.05) is 13.2 Å². The number of nitrogens with two attached hydrogens (primary N) is 3. The first-order valence-corrected chi connectivity index (χ1v) is 17.1. The van der Waals surface area contributed by atoms with Crippen molar-refractivity contribution < 1.29 is 43.8 Å². The second kappa shape index (κ2) is 22.6. The number of benzene rings is 1. The molecule has 1 rings (SSSR count). The van der Waals surface area contributed by atoms with Crippen LogP contribution in [0, 0.1) is 29.6 Å². The van der Waals surface area contributed by atoms with E-state index in [2.05, 4.69) is 16.0 Å². The van der Waals surface area contributed by atoms with Crippen molar-refractivity contribution in [3.63, 3.8) is 0 Å². The Labute approximate surface area is 293 Å². The Kier molecular flexibility index (Phi) is 19.9. The summed E-state index contributed by atoms with van der Waals surface area (Å²) in [6, 6.07) is 6.76. The third-order valence-corrected chi connectivity index (χ3v) is 8.90. The number of aliphatic hydroxyl groups is 1. The second-order valence-electron chi connectivity index (χ2n) is 13.1. The third-order valence-electron chi connectivity index (χ3n) is 8.90. The van der Waals surface area contributed by atoms with Gasteiger partial charge < -0.3 is 38.0 Å². The van der Waals surface area contributed by atoms with Crippen molar-refractivity contribution in [1.29, 1.82) is 0 Å². The van der Waals surface area contributed by atoms with E-state index < -0.39 is 103 Å². The molecule has 0 saturated carbocycles. The number of carbonyl (C=O) groups is 7. The highest BCUT2D eigenvalue weighted by Gasteiger charge is 2.34. The third kappa shape index (κ3) is 16.1. The summed E-state index contributed by atoms with van der Waals surface area (Å²) >= 11 is 0. The van der Waals surface area contributed by atoms with Crippen LogP contribution in [0.4, 0.5) is 0 Å². The van der Waals surface area contributed by atoms with Gasteiger partial charge in [-0.2, -0.15) is 0 Å². The van der Waals surface area contributed by atoms with Gasteiger partial charge in [0.05, 0.1) is 36.9 Å². The van der Waals surface area contributed by atoms with Gasteiger partial charge >= 0.3 is 5.97 Å². The first-order valence-electron chi connectivity index (χ1n) is 17.1. The number of Topliss-reactive ketones (excluding diaryl/α,β-unsaturated/α-hetero) is 3. The molecule has 3 amide bonds. The SMILES string of the molecule is CC[C@H](C)[C@H](NC(=O)[C@H](CC(=O)O)CC(=O)[C@H](C)NC(=O)[C@H](CO)CC(=O)[C@@H](C)CCCNC(N)N)C(=O)C[C@@H](Cc1ccccc1)C(N)=O. The Hall–Kier alpha value is -4.05. The quantitative estimate of drug-likeness (QED) is 0.0473. The van der Waals surface area contributed by atoms with E-state index >= 15 is 0 Å². The molecule has 280 valence electrons. The van der Waals surface area contributed by atoms with Crippen molar-refractivity contribution in [3.05, 3.63) is 35.9 Å². The van der Waals surface area contributed by atoms with Gasteiger partial charge in [0.1, 0.15) is 12.1 Å². The van der Waals surface area contributed by atoms with E-state index in [1.54, 1.807) is 45.0 Å². The zero-order valence-electron chi connectivity index (χ0n) is 29.6. The second-order valence-corrected chi connectivity index (χ2v) is 13.1. The molecule has 0 heterocycles. The predicted molar refractivity (Wildman–Crippen MR) is 186 cm³/mol. The fraction of sp³-hybridized carbons (Fsp3) is 0.629. The average molecular weight is 705 g/mol. The molecule has 1 aromatic carbocycles. The van der Waals surface area contributed by atoms with Crippen LogP contribution in [0.3, 0.4) is 0 Å². The van der Waals surface area contributed by atoms with Crippen LogP contribution < -0.4 is 33.2 Å². The number of amides is 3. The van der Waals surface area contributed by atoms with Crippen LogP contribution in [0.25, 0.3) is 0 Å². The van der Waals surface area contributed by atoms with Gasteiger partial charge in [-0.15, -0.1) is 0 Å². The molecular formula is C35H56N6O9. The van der Waals surface area contributed by atoms with Crippen LogP contribution in [0.5, 0.6) is 0 Å². The Balaban J connectivity index is 2.94. The van der Waals surface area contributed by atoms with Crippen LogP contribution in [-0.2, 0) is 40.0 Å². The number of aliphatic carboxylic acids is 1. The van der Waals surface area contributed by atoms with Crippen LogP contribution in [-0.4, -0.2) is 82.8 Å². The lowest BCUT2D eigenvalue weighted by Crippen LogP contribution is -2.49. The van der Waals surface area contributed by atoms with E-state index in [9.17, 15) is 43.8 Å². The highest BCUT2D eigenvalue weighted by atomic mass is 16.4. The summed E-state index contributed by atoms with van der Waals surface area (Å²) in [6.07, 6.45) is -0.683. The Bertz CT molecular complexity index is 1290. The van der Waals surface area contributed by atoms with Gasteiger partial charge in [-0.3, -0.25) is 38.9 Å². The first-order chi connectivity index (χ1) is 23.5. The molecule has 0 spiro atoms. The van der Waals surface area contributed by atoms with E-state index in [1.165, 1.54) is 6.92 Å². The summed E-state index contributed by atoms with van der Waals surface area (Å²) in [7, 11) is 0. The maximum absolute atomic E-state index is 13.5. The number of aliphatic hydroxyl groups excluding tert-OH is 1. The minimum Gasteiger partial charge on any atom is -0.481 e. The van der Waals surface area contributed by atoms with E-state index in [1.807, 2.05) is 6.07 Å². The highest BCUT2D eigenvalue weighted by molar-refractivity contribution is 5.97. The van der Waals surface area contributed by atoms with E-state index in [4.69, 9.17) is 17.2 Å². The number of primary amides is 1. The molecule has 1 aromatic rings. The Morgan fingerprint density at radius 2 is 1.36 bits per heavy atom. The van der Waals surface area contributed by atoms with Gasteiger partial charge in [0.25, 0.3) is 0 Å². The summed E-state index contributed by atoms with van der Waals surface area (Å²) < 4.78 is 0. The van der Waals surface area contributed by atoms with Gasteiger partial charge in [-0.1, -0.05) is 57.5 Å². The molecule has 0 aliphatic heterocycles. The largest absolute Gasteiger partial charge is 0.481 e. The summed E-state index contributed by atoms with van der Waals surface area (Å²) in [5.41, 5.74) is 17.3. The summed E-state index contributed by atoms with van der Waals surface area (Å²) in [6.45, 7) is 6.44. The number of ketones is 3. The Morgan fingerprint density at radius 3 is 1.90 bits per heavy atom. The molecule has 15 nitrogen and oxygen atoms in total. The number of carboxylic acid groups (broad SMARTS) is 1. The smallest absolute Gasteiger partial charge is 0.304 e. The molecular weight excluding hydrogens is 648 g/mol. The molecule has 15 heteroatoms. The van der Waals surface area contributed by atoms with Crippen molar-refractivity contribution in [3.8, 4) is 0 Å². The molecule has 0 fully saturated rings. The molecule has 0 saturated heterocycles. The monoisotopic (exact) mass is 704 g/mol. The minimum absolute atomic E-state index is 0.218. The zero-order valence-corrected chi connectivity index (χ0v) is 29.6. The fourth-order valence-electron chi connectivity index (χ4n) is 5.41. The molecule has 11 N–H and O–H groups in total. The highest BCUT2D eigenvalue weighted by Crippen LogP contribution is 2.20. The van der Waals surface area contributed by atoms with Crippen LogP contribution >= 0.6 is 0 Å². The van der Waals surface area contributed by atoms with E-state index in [0.29, 0.717) is 25.8 Å². The summed E-state index contributed by atoms with van der Waals surface area (Å²) in [4.78, 5) is 89.6. The molecule has 0 aromatic heterocycles. The predicted octanol–water partition coefficient (Wildman–Crippen LogP) is 0.150. The van der Waals surface area contributed by atoms with E-state index in [0.717, 1.165) is 5.56 Å². The lowest BCUT2D eigenvalue weighted by Gasteiger charge is -2.27. The van der Waals surface area contributed by atoms with Crippen molar-refractivity contribution >= 4 is 41.0 Å². The van der Waals surface area contributed by atoms with E-state index in [-0.39, 0.29) is 25.0 Å². The van der Waals surface area contributed by atoms with Crippen molar-refractivity contribution in [2.24, 2.45) is 46.8 Å². The van der Waals surface area contributed by atoms with Crippen LogP contribution in [0.1, 0.15) is 78.2 Å². The zero-order chi connectivity index (χ0) is 38.0. The van der Waals surface area contributed by atoms with Gasteiger partial charge in [0.2, 0.25) is 17.7 Å². The average Bonchev–Trinajstić information content (AvgIpc) is 3.06. The topological polar surface area (TPSA) is 274 Å². The van der Waals surface area contributed by atoms with Gasteiger partial charge in [-0.05, 0) is 44.2 Å². The summed E-state index contributed by atoms with van der Waals surface area (Å²) in [5, 5.41) is 27.2. The molecule has 0 aliphatic rings. The van der Waals surface area contributed by atoms with Gasteiger partial charge in [0.15, 0.2) is 11.6 Å².